The predicted octanol–water partition coefficient (Wildman–Crippen LogP) is 7.12. The number of hydrogen-bond acceptors (Lipinski definition) is 6. The molecule has 0 aromatic heterocycles. The number of hydrogen-bond donors (Lipinski definition) is 1. The van der Waals surface area contributed by atoms with Gasteiger partial charge in [-0.2, -0.15) is 5.10 Å². The first kappa shape index (κ1) is 25.8. The van der Waals surface area contributed by atoms with Crippen molar-refractivity contribution in [2.24, 2.45) is 10.1 Å². The number of halogens is 1. The van der Waals surface area contributed by atoms with Gasteiger partial charge in [-0.05, 0) is 56.3 Å². The predicted molar refractivity (Wildman–Crippen MR) is 164 cm³/mol. The fourth-order valence-electron chi connectivity index (χ4n) is 5.63. The molecular weight excluding hydrogens is 566 g/mol. The topological polar surface area (TPSA) is 83.5 Å². The molecule has 0 fully saturated rings. The van der Waals surface area contributed by atoms with Crippen molar-refractivity contribution in [2.75, 3.05) is 23.7 Å². The third-order valence-electron chi connectivity index (χ3n) is 7.46. The molecule has 1 amide bonds. The Morgan fingerprint density at radius 2 is 1.60 bits per heavy atom. The first-order chi connectivity index (χ1) is 19.5. The van der Waals surface area contributed by atoms with Gasteiger partial charge in [-0.3, -0.25) is 9.79 Å². The number of amides is 1. The van der Waals surface area contributed by atoms with Crippen molar-refractivity contribution in [1.29, 1.82) is 0 Å². The minimum Gasteiger partial charge on any atom is -0.456 e. The van der Waals surface area contributed by atoms with E-state index >= 15 is 0 Å². The van der Waals surface area contributed by atoms with Crippen molar-refractivity contribution in [3.63, 3.8) is 0 Å². The molecule has 6 rings (SSSR count). The van der Waals surface area contributed by atoms with E-state index in [1.54, 1.807) is 17.4 Å². The fraction of sp³-hybridized carbons (Fsp3) is 0.156. The number of fused-ring (bicyclic) bond motifs is 6. The van der Waals surface area contributed by atoms with E-state index in [0.29, 0.717) is 22.7 Å². The summed E-state index contributed by atoms with van der Waals surface area (Å²) >= 11 is 3.44. The van der Waals surface area contributed by atoms with Crippen LogP contribution in [0, 0.1) is 0 Å². The highest BCUT2D eigenvalue weighted by molar-refractivity contribution is 9.10. The van der Waals surface area contributed by atoms with Crippen molar-refractivity contribution >= 4 is 51.3 Å². The van der Waals surface area contributed by atoms with Gasteiger partial charge in [0.2, 0.25) is 0 Å². The molecule has 4 aromatic rings. The summed E-state index contributed by atoms with van der Waals surface area (Å²) in [6.07, 6.45) is 3.16. The number of benzene rings is 4. The van der Waals surface area contributed by atoms with Crippen LogP contribution in [0.2, 0.25) is 0 Å². The van der Waals surface area contributed by atoms with Gasteiger partial charge in [0.1, 0.15) is 17.0 Å². The Morgan fingerprint density at radius 3 is 2.35 bits per heavy atom. The maximum absolute atomic E-state index is 14.0. The average Bonchev–Trinajstić information content (AvgIpc) is 3.21. The molecule has 0 saturated carbocycles. The Bertz CT molecular complexity index is 1660. The third kappa shape index (κ3) is 4.07. The van der Waals surface area contributed by atoms with Crippen LogP contribution in [0.1, 0.15) is 40.9 Å². The Labute approximate surface area is 241 Å². The molecule has 2 N–H and O–H groups in total. The summed E-state index contributed by atoms with van der Waals surface area (Å²) in [4.78, 5) is 20.8. The summed E-state index contributed by atoms with van der Waals surface area (Å²) in [5.74, 6) is 1.06. The zero-order chi connectivity index (χ0) is 27.9. The highest BCUT2D eigenvalue weighted by atomic mass is 79.9. The second kappa shape index (κ2) is 10.3. The van der Waals surface area contributed by atoms with E-state index in [4.69, 9.17) is 15.6 Å². The van der Waals surface area contributed by atoms with E-state index in [9.17, 15) is 4.79 Å². The lowest BCUT2D eigenvalue weighted by Gasteiger charge is -2.42. The van der Waals surface area contributed by atoms with Crippen LogP contribution in [0.5, 0.6) is 11.5 Å². The Hall–Kier alpha value is -4.43. The third-order valence-corrected chi connectivity index (χ3v) is 7.98. The number of nitrogen functional groups attached to an aromatic ring is 1. The van der Waals surface area contributed by atoms with Crippen LogP contribution in [0.3, 0.4) is 0 Å². The molecule has 4 aromatic carbocycles. The molecule has 1 spiro atoms. The van der Waals surface area contributed by atoms with Gasteiger partial charge in [-0.15, -0.1) is 0 Å². The van der Waals surface area contributed by atoms with E-state index in [0.717, 1.165) is 45.6 Å². The summed E-state index contributed by atoms with van der Waals surface area (Å²) < 4.78 is 7.47. The van der Waals surface area contributed by atoms with Crippen LogP contribution in [-0.4, -0.2) is 36.4 Å². The maximum atomic E-state index is 14.0. The number of nitrogens with two attached hydrogens (primary N) is 1. The first-order valence-electron chi connectivity index (χ1n) is 13.2. The van der Waals surface area contributed by atoms with E-state index in [2.05, 4.69) is 51.8 Å². The molecule has 7 nitrogen and oxygen atoms in total. The molecule has 2 aliphatic rings. The van der Waals surface area contributed by atoms with Crippen LogP contribution in [0.4, 0.5) is 17.1 Å². The zero-order valence-corrected chi connectivity index (χ0v) is 23.8. The Morgan fingerprint density at radius 1 is 0.900 bits per heavy atom. The fourth-order valence-corrected chi connectivity index (χ4v) is 5.90. The number of ether oxygens (including phenoxy) is 1. The average molecular weight is 595 g/mol. The SMILES string of the molecule is CCN(CC)c1ccc2c(c1)Oc1cc(N)ccc1C21c2ccccc2C(=O)N1N=CC=Nc1ccc(Br)cc1. The van der Waals surface area contributed by atoms with Gasteiger partial charge >= 0.3 is 0 Å². The highest BCUT2D eigenvalue weighted by Crippen LogP contribution is 2.58. The summed E-state index contributed by atoms with van der Waals surface area (Å²) in [5.41, 5.74) is 10.6. The molecule has 1 atom stereocenters. The number of carbonyl (C=O) groups excluding carboxylic acids is 1. The summed E-state index contributed by atoms with van der Waals surface area (Å²) in [5, 5.41) is 6.30. The normalized spacial score (nSPS) is 17.3. The minimum atomic E-state index is -1.05. The Balaban J connectivity index is 1.55. The van der Waals surface area contributed by atoms with Crippen LogP contribution < -0.4 is 15.4 Å². The van der Waals surface area contributed by atoms with Gasteiger partial charge in [-0.25, -0.2) is 5.01 Å². The number of nitrogens with zero attached hydrogens (tertiary/aromatic N) is 4. The maximum Gasteiger partial charge on any atom is 0.275 e. The second-order valence-electron chi connectivity index (χ2n) is 9.60. The Kier molecular flexibility index (Phi) is 6.64. The monoisotopic (exact) mass is 593 g/mol. The quantitative estimate of drug-likeness (QED) is 0.190. The van der Waals surface area contributed by atoms with Crippen LogP contribution in [-0.2, 0) is 5.54 Å². The number of rotatable bonds is 6. The standard InChI is InChI=1S/C32H28BrN5O2/c1-3-37(4-2)24-14-16-28-30(20-24)40-29-19-22(34)11-15-27(29)32(28)26-8-6-5-7-25(26)31(39)38(32)36-18-17-35-23-12-9-21(33)10-13-23/h5-20H,3-4,34H2,1-2H3. The molecular formula is C32H28BrN5O2. The highest BCUT2D eigenvalue weighted by Gasteiger charge is 2.57. The smallest absolute Gasteiger partial charge is 0.275 e. The second-order valence-corrected chi connectivity index (χ2v) is 10.5. The molecule has 0 aliphatic carbocycles. The van der Waals surface area contributed by atoms with Crippen LogP contribution in [0.15, 0.2) is 99.5 Å². The summed E-state index contributed by atoms with van der Waals surface area (Å²) in [6, 6.07) is 27.1. The lowest BCUT2D eigenvalue weighted by molar-refractivity contribution is 0.0675. The number of carbonyl (C=O) groups is 1. The van der Waals surface area contributed by atoms with Crippen molar-refractivity contribution in [3.8, 4) is 11.5 Å². The zero-order valence-electron chi connectivity index (χ0n) is 22.2. The molecule has 8 heteroatoms. The van der Waals surface area contributed by atoms with Gasteiger partial charge in [0.05, 0.1) is 11.9 Å². The molecule has 0 bridgehead atoms. The molecule has 2 heterocycles. The van der Waals surface area contributed by atoms with Crippen molar-refractivity contribution in [2.45, 2.75) is 19.4 Å². The molecule has 1 unspecified atom stereocenters. The molecule has 0 saturated heterocycles. The summed E-state index contributed by atoms with van der Waals surface area (Å²) in [7, 11) is 0. The lowest BCUT2D eigenvalue weighted by Crippen LogP contribution is -2.44. The first-order valence-corrected chi connectivity index (χ1v) is 14.0. The number of anilines is 2. The van der Waals surface area contributed by atoms with E-state index in [1.165, 1.54) is 0 Å². The van der Waals surface area contributed by atoms with Gasteiger partial charge in [0.25, 0.3) is 5.91 Å². The molecule has 0 radical (unpaired) electrons. The summed E-state index contributed by atoms with van der Waals surface area (Å²) in [6.45, 7) is 5.97. The minimum absolute atomic E-state index is 0.202. The van der Waals surface area contributed by atoms with Gasteiger partial charge in [0.15, 0.2) is 0 Å². The van der Waals surface area contributed by atoms with Gasteiger partial charge in [0, 0.05) is 69.5 Å². The number of hydrazone groups is 1. The van der Waals surface area contributed by atoms with Crippen LogP contribution in [0.25, 0.3) is 0 Å². The number of aliphatic imine (C=N–C) groups is 1. The van der Waals surface area contributed by atoms with E-state index < -0.39 is 5.54 Å². The van der Waals surface area contributed by atoms with Gasteiger partial charge < -0.3 is 15.4 Å². The van der Waals surface area contributed by atoms with E-state index in [1.807, 2.05) is 72.8 Å². The molecule has 2 aliphatic heterocycles. The van der Waals surface area contributed by atoms with Crippen molar-refractivity contribution in [3.05, 3.63) is 112 Å². The molecule has 40 heavy (non-hydrogen) atoms. The lowest BCUT2D eigenvalue weighted by atomic mass is 9.75. The van der Waals surface area contributed by atoms with Crippen LogP contribution >= 0.6 is 15.9 Å². The van der Waals surface area contributed by atoms with Crippen molar-refractivity contribution in [1.82, 2.24) is 5.01 Å². The molecule has 200 valence electrons. The van der Waals surface area contributed by atoms with E-state index in [-0.39, 0.29) is 5.91 Å². The van der Waals surface area contributed by atoms with Crippen molar-refractivity contribution < 1.29 is 9.53 Å². The largest absolute Gasteiger partial charge is 0.456 e. The van der Waals surface area contributed by atoms with Gasteiger partial charge in [-0.1, -0.05) is 46.3 Å².